The van der Waals surface area contributed by atoms with Crippen LogP contribution in [0.1, 0.15) is 28.9 Å². The summed E-state index contributed by atoms with van der Waals surface area (Å²) in [6.07, 6.45) is -1.17. The number of carbonyl (C=O) groups is 3. The Labute approximate surface area is 245 Å². The van der Waals surface area contributed by atoms with Gasteiger partial charge in [-0.25, -0.2) is 14.8 Å². The highest BCUT2D eigenvalue weighted by Gasteiger charge is 2.60. The Morgan fingerprint density at radius 3 is 2.23 bits per heavy atom. The molecule has 6 rings (SSSR count). The van der Waals surface area contributed by atoms with Gasteiger partial charge in [-0.05, 0) is 67.1 Å². The molecule has 2 aliphatic heterocycles. The molecule has 2 fully saturated rings. The molecule has 2 saturated heterocycles. The minimum atomic E-state index is -1.17. The van der Waals surface area contributed by atoms with E-state index in [1.54, 1.807) is 84.9 Å². The summed E-state index contributed by atoms with van der Waals surface area (Å²) in [6, 6.07) is 26.6. The number of benzene rings is 4. The van der Waals surface area contributed by atoms with E-state index in [1.807, 2.05) is 6.92 Å². The van der Waals surface area contributed by atoms with Crippen molar-refractivity contribution in [3.63, 3.8) is 0 Å². The largest absolute Gasteiger partial charge is 0.494 e. The lowest BCUT2D eigenvalue weighted by Gasteiger charge is -2.28. The molecule has 0 N–H and O–H groups in total. The van der Waals surface area contributed by atoms with E-state index in [9.17, 15) is 24.5 Å². The van der Waals surface area contributed by atoms with Crippen LogP contribution in [-0.2, 0) is 14.4 Å². The van der Waals surface area contributed by atoms with Crippen molar-refractivity contribution in [2.24, 2.45) is 5.92 Å². The van der Waals surface area contributed by atoms with Gasteiger partial charge in [0.05, 0.1) is 34.5 Å². The predicted molar refractivity (Wildman–Crippen MR) is 155 cm³/mol. The summed E-state index contributed by atoms with van der Waals surface area (Å²) >= 11 is 0. The van der Waals surface area contributed by atoms with Gasteiger partial charge >= 0.3 is 5.97 Å². The van der Waals surface area contributed by atoms with Crippen LogP contribution in [0.25, 0.3) is 0 Å². The van der Waals surface area contributed by atoms with Crippen LogP contribution in [0, 0.1) is 16.0 Å². The highest BCUT2D eigenvalue weighted by Crippen LogP contribution is 2.48. The fourth-order valence-corrected chi connectivity index (χ4v) is 5.31. The van der Waals surface area contributed by atoms with E-state index in [0.717, 1.165) is 4.90 Å². The van der Waals surface area contributed by atoms with Crippen molar-refractivity contribution in [3.8, 4) is 11.5 Å². The van der Waals surface area contributed by atoms with Gasteiger partial charge in [0.2, 0.25) is 5.91 Å². The fourth-order valence-electron chi connectivity index (χ4n) is 5.31. The predicted octanol–water partition coefficient (Wildman–Crippen LogP) is 5.26. The molecule has 3 atom stereocenters. The summed E-state index contributed by atoms with van der Waals surface area (Å²) in [5.74, 6) is -1.64. The van der Waals surface area contributed by atoms with Crippen molar-refractivity contribution in [3.05, 3.63) is 124 Å². The number of imide groups is 1. The number of ether oxygens (including phenoxy) is 2. The van der Waals surface area contributed by atoms with Crippen molar-refractivity contribution in [2.75, 3.05) is 16.6 Å². The quantitative estimate of drug-likeness (QED) is 0.0902. The number of hydrogen-bond donors (Lipinski definition) is 0. The zero-order chi connectivity index (χ0) is 30.1. The molecule has 216 valence electrons. The summed E-state index contributed by atoms with van der Waals surface area (Å²) in [4.78, 5) is 58.2. The number of rotatable bonds is 8. The molecule has 4 aromatic rings. The lowest BCUT2D eigenvalue weighted by atomic mass is 9.90. The Bertz CT molecular complexity index is 1690. The summed E-state index contributed by atoms with van der Waals surface area (Å²) < 4.78 is 11.0. The lowest BCUT2D eigenvalue weighted by molar-refractivity contribution is -0.384. The summed E-state index contributed by atoms with van der Waals surface area (Å²) in [5.41, 5.74) is 1.48. The molecule has 0 aromatic heterocycles. The van der Waals surface area contributed by atoms with Crippen LogP contribution in [0.5, 0.6) is 11.5 Å². The average Bonchev–Trinajstić information content (AvgIpc) is 3.54. The van der Waals surface area contributed by atoms with Crippen molar-refractivity contribution in [2.45, 2.75) is 19.1 Å². The molecule has 2 aliphatic rings. The molecule has 4 aromatic carbocycles. The number of esters is 1. The van der Waals surface area contributed by atoms with Crippen LogP contribution in [0.15, 0.2) is 103 Å². The van der Waals surface area contributed by atoms with Crippen molar-refractivity contribution in [1.82, 2.24) is 0 Å². The first-order chi connectivity index (χ1) is 20.9. The smallest absolute Gasteiger partial charge is 0.343 e. The molecule has 0 aliphatic carbocycles. The van der Waals surface area contributed by atoms with Gasteiger partial charge < -0.3 is 9.47 Å². The van der Waals surface area contributed by atoms with Crippen LogP contribution >= 0.6 is 0 Å². The normalized spacial score (nSPS) is 19.3. The molecule has 0 bridgehead atoms. The van der Waals surface area contributed by atoms with Crippen molar-refractivity contribution >= 4 is 34.8 Å². The Balaban J connectivity index is 1.34. The van der Waals surface area contributed by atoms with E-state index >= 15 is 0 Å². The van der Waals surface area contributed by atoms with Gasteiger partial charge in [0.25, 0.3) is 11.6 Å². The molecule has 11 heteroatoms. The first-order valence-corrected chi connectivity index (χ1v) is 13.5. The Hall–Kier alpha value is -5.55. The maximum absolute atomic E-state index is 13.9. The van der Waals surface area contributed by atoms with E-state index in [1.165, 1.54) is 23.3 Å². The van der Waals surface area contributed by atoms with Gasteiger partial charge in [-0.1, -0.05) is 36.4 Å². The maximum Gasteiger partial charge on any atom is 0.343 e. The van der Waals surface area contributed by atoms with Gasteiger partial charge in [-0.15, -0.1) is 0 Å². The summed E-state index contributed by atoms with van der Waals surface area (Å²) in [6.45, 7) is 2.32. The number of nitro groups is 1. The first-order valence-electron chi connectivity index (χ1n) is 13.5. The molecular formula is C32H25N3O8. The minimum absolute atomic E-state index is 0.172. The lowest BCUT2D eigenvalue weighted by Crippen LogP contribution is -2.37. The second-order valence-corrected chi connectivity index (χ2v) is 9.86. The summed E-state index contributed by atoms with van der Waals surface area (Å²) in [7, 11) is 0. The molecule has 3 unspecified atom stereocenters. The molecule has 2 heterocycles. The number of non-ortho nitro benzene ring substituents is 1. The number of nitro benzene ring substituents is 1. The van der Waals surface area contributed by atoms with Crippen LogP contribution in [0.2, 0.25) is 0 Å². The molecular weight excluding hydrogens is 554 g/mol. The molecule has 11 nitrogen and oxygen atoms in total. The Morgan fingerprint density at radius 1 is 0.860 bits per heavy atom. The van der Waals surface area contributed by atoms with E-state index < -0.39 is 40.8 Å². The third-order valence-electron chi connectivity index (χ3n) is 7.26. The molecule has 43 heavy (non-hydrogen) atoms. The van der Waals surface area contributed by atoms with Crippen molar-refractivity contribution in [1.29, 1.82) is 0 Å². The van der Waals surface area contributed by atoms with E-state index in [4.69, 9.17) is 14.3 Å². The van der Waals surface area contributed by atoms with Crippen LogP contribution < -0.4 is 19.4 Å². The number of hydrogen-bond acceptors (Lipinski definition) is 9. The Kier molecular flexibility index (Phi) is 7.31. The van der Waals surface area contributed by atoms with E-state index in [0.29, 0.717) is 34.9 Å². The standard InChI is InChI=1S/C32H25N3O8/c1-2-41-25-17-13-22(14-18-25)33-30(36)27-28(20-11-15-26(16-12-20)42-32(38)21-7-4-3-5-8-21)34(43-29(27)31(33)37)23-9-6-10-24(19-23)35(39)40/h3-19,27-29H,2H2,1H3. The monoisotopic (exact) mass is 579 g/mol. The third-order valence-corrected chi connectivity index (χ3v) is 7.26. The molecule has 0 saturated carbocycles. The number of nitrogens with zero attached hydrogens (tertiary/aromatic N) is 3. The van der Waals surface area contributed by atoms with Crippen LogP contribution in [-0.4, -0.2) is 35.4 Å². The zero-order valence-corrected chi connectivity index (χ0v) is 22.9. The number of hydroxylamine groups is 1. The SMILES string of the molecule is CCOc1ccc(N2C(=O)C3ON(c4cccc([N+](=O)[O-])c4)C(c4ccc(OC(=O)c5ccccc5)cc4)C3C2=O)cc1. The number of fused-ring (bicyclic) bond motifs is 1. The number of anilines is 2. The highest BCUT2D eigenvalue weighted by molar-refractivity contribution is 6.24. The second kappa shape index (κ2) is 11.4. The highest BCUT2D eigenvalue weighted by atomic mass is 16.7. The third kappa shape index (κ3) is 5.17. The zero-order valence-electron chi connectivity index (χ0n) is 22.9. The number of carbonyl (C=O) groups excluding carboxylic acids is 3. The van der Waals surface area contributed by atoms with Gasteiger partial charge in [0, 0.05) is 12.1 Å². The molecule has 2 amide bonds. The van der Waals surface area contributed by atoms with Crippen LogP contribution in [0.3, 0.4) is 0 Å². The van der Waals surface area contributed by atoms with Gasteiger partial charge in [-0.2, -0.15) is 0 Å². The second-order valence-electron chi connectivity index (χ2n) is 9.86. The average molecular weight is 580 g/mol. The summed E-state index contributed by atoms with van der Waals surface area (Å²) in [5, 5.41) is 12.9. The maximum atomic E-state index is 13.9. The van der Waals surface area contributed by atoms with E-state index in [2.05, 4.69) is 0 Å². The van der Waals surface area contributed by atoms with Gasteiger partial charge in [0.15, 0.2) is 6.10 Å². The van der Waals surface area contributed by atoms with E-state index in [-0.39, 0.29) is 11.4 Å². The van der Waals surface area contributed by atoms with Gasteiger partial charge in [0.1, 0.15) is 17.4 Å². The van der Waals surface area contributed by atoms with Gasteiger partial charge in [-0.3, -0.25) is 24.5 Å². The topological polar surface area (TPSA) is 129 Å². The molecule has 0 radical (unpaired) electrons. The molecule has 0 spiro atoms. The number of amides is 2. The Morgan fingerprint density at radius 2 is 1.56 bits per heavy atom. The fraction of sp³-hybridized carbons (Fsp3) is 0.156. The van der Waals surface area contributed by atoms with Crippen molar-refractivity contribution < 1.29 is 33.6 Å². The minimum Gasteiger partial charge on any atom is -0.494 e. The first kappa shape index (κ1) is 27.6. The van der Waals surface area contributed by atoms with Crippen LogP contribution in [0.4, 0.5) is 17.1 Å².